The van der Waals surface area contributed by atoms with Crippen molar-refractivity contribution in [2.24, 2.45) is 0 Å². The maximum Gasteiger partial charge on any atom is 0.323 e. The van der Waals surface area contributed by atoms with E-state index in [9.17, 15) is 4.79 Å². The molecule has 0 bridgehead atoms. The Kier molecular flexibility index (Phi) is 2.79. The average molecular weight is 191 g/mol. The van der Waals surface area contributed by atoms with Crippen molar-refractivity contribution >= 4 is 5.97 Å². The van der Waals surface area contributed by atoms with Crippen LogP contribution in [0, 0.1) is 0 Å². The zero-order valence-electron chi connectivity index (χ0n) is 7.90. The highest BCUT2D eigenvalue weighted by Gasteiger charge is 2.25. The lowest BCUT2D eigenvalue weighted by Crippen LogP contribution is -2.49. The molecule has 1 aliphatic rings. The van der Waals surface area contributed by atoms with Crippen LogP contribution in [0.2, 0.25) is 0 Å². The van der Waals surface area contributed by atoms with E-state index in [-0.39, 0.29) is 12.0 Å². The highest BCUT2D eigenvalue weighted by molar-refractivity contribution is 5.76. The topological polar surface area (TPSA) is 38.3 Å². The number of nitrogens with one attached hydrogen (secondary N) is 1. The Morgan fingerprint density at radius 2 is 2.14 bits per heavy atom. The van der Waals surface area contributed by atoms with Gasteiger partial charge in [0.05, 0.1) is 0 Å². The van der Waals surface area contributed by atoms with Gasteiger partial charge in [-0.25, -0.2) is 0 Å². The SMILES string of the molecule is O=C(OCc1ccccc1)C1CCN1. The summed E-state index contributed by atoms with van der Waals surface area (Å²) in [5.74, 6) is -0.139. The quantitative estimate of drug-likeness (QED) is 0.727. The normalized spacial score (nSPS) is 19.9. The van der Waals surface area contributed by atoms with E-state index in [1.165, 1.54) is 0 Å². The fraction of sp³-hybridized carbons (Fsp3) is 0.364. The molecule has 3 nitrogen and oxygen atoms in total. The van der Waals surface area contributed by atoms with Crippen molar-refractivity contribution in [3.8, 4) is 0 Å². The molecule has 0 saturated carbocycles. The van der Waals surface area contributed by atoms with Crippen LogP contribution in [0.1, 0.15) is 12.0 Å². The third-order valence-corrected chi connectivity index (χ3v) is 2.33. The second-order valence-corrected chi connectivity index (χ2v) is 3.39. The molecule has 0 amide bonds. The van der Waals surface area contributed by atoms with Crippen molar-refractivity contribution in [1.29, 1.82) is 0 Å². The second-order valence-electron chi connectivity index (χ2n) is 3.39. The molecule has 1 aromatic rings. The van der Waals surface area contributed by atoms with Crippen molar-refractivity contribution in [1.82, 2.24) is 5.32 Å². The van der Waals surface area contributed by atoms with Gasteiger partial charge in [0.15, 0.2) is 0 Å². The molecule has 1 atom stereocenters. The van der Waals surface area contributed by atoms with Gasteiger partial charge >= 0.3 is 5.97 Å². The van der Waals surface area contributed by atoms with Crippen molar-refractivity contribution in [2.75, 3.05) is 6.54 Å². The number of benzene rings is 1. The van der Waals surface area contributed by atoms with E-state index in [0.717, 1.165) is 18.5 Å². The summed E-state index contributed by atoms with van der Waals surface area (Å²) >= 11 is 0. The number of carbonyl (C=O) groups excluding carboxylic acids is 1. The minimum absolute atomic E-state index is 0.0706. The predicted octanol–water partition coefficient (Wildman–Crippen LogP) is 1.09. The molecule has 0 aromatic heterocycles. The van der Waals surface area contributed by atoms with E-state index in [0.29, 0.717) is 6.61 Å². The Morgan fingerprint density at radius 1 is 1.43 bits per heavy atom. The zero-order valence-corrected chi connectivity index (χ0v) is 7.90. The summed E-state index contributed by atoms with van der Waals surface area (Å²) < 4.78 is 5.13. The van der Waals surface area contributed by atoms with Gasteiger partial charge in [0, 0.05) is 0 Å². The summed E-state index contributed by atoms with van der Waals surface area (Å²) in [5.41, 5.74) is 1.03. The summed E-state index contributed by atoms with van der Waals surface area (Å²) in [4.78, 5) is 11.3. The zero-order chi connectivity index (χ0) is 9.80. The first-order chi connectivity index (χ1) is 6.86. The Balaban J connectivity index is 1.79. The number of rotatable bonds is 3. The van der Waals surface area contributed by atoms with Gasteiger partial charge in [-0.2, -0.15) is 0 Å². The first-order valence-electron chi connectivity index (χ1n) is 4.80. The molecule has 1 unspecified atom stereocenters. The van der Waals surface area contributed by atoms with Crippen molar-refractivity contribution in [3.63, 3.8) is 0 Å². The molecular formula is C11H13NO2. The van der Waals surface area contributed by atoms with Crippen LogP contribution < -0.4 is 5.32 Å². The van der Waals surface area contributed by atoms with Gasteiger partial charge in [-0.3, -0.25) is 4.79 Å². The lowest BCUT2D eigenvalue weighted by molar-refractivity contribution is -0.149. The summed E-state index contributed by atoms with van der Waals surface area (Å²) in [6, 6.07) is 9.64. The third-order valence-electron chi connectivity index (χ3n) is 2.33. The first kappa shape index (κ1) is 9.21. The van der Waals surface area contributed by atoms with Gasteiger partial charge in [-0.15, -0.1) is 0 Å². The standard InChI is InChI=1S/C11H13NO2/c13-11(10-6-7-12-10)14-8-9-4-2-1-3-5-9/h1-5,10,12H,6-8H2. The van der Waals surface area contributed by atoms with Gasteiger partial charge < -0.3 is 10.1 Å². The molecular weight excluding hydrogens is 178 g/mol. The van der Waals surface area contributed by atoms with Gasteiger partial charge in [0.2, 0.25) is 0 Å². The molecule has 0 spiro atoms. The third kappa shape index (κ3) is 2.12. The fourth-order valence-corrected chi connectivity index (χ4v) is 1.32. The van der Waals surface area contributed by atoms with E-state index in [4.69, 9.17) is 4.74 Å². The van der Waals surface area contributed by atoms with Gasteiger partial charge in [-0.05, 0) is 18.5 Å². The number of hydrogen-bond acceptors (Lipinski definition) is 3. The molecule has 1 heterocycles. The van der Waals surface area contributed by atoms with Crippen LogP contribution in [-0.2, 0) is 16.1 Å². The van der Waals surface area contributed by atoms with Gasteiger partial charge in [-0.1, -0.05) is 30.3 Å². The van der Waals surface area contributed by atoms with Crippen LogP contribution in [0.3, 0.4) is 0 Å². The Morgan fingerprint density at radius 3 is 2.71 bits per heavy atom. The largest absolute Gasteiger partial charge is 0.460 e. The minimum atomic E-state index is -0.139. The molecule has 0 radical (unpaired) electrons. The highest BCUT2D eigenvalue weighted by Crippen LogP contribution is 2.06. The van der Waals surface area contributed by atoms with Crippen LogP contribution in [-0.4, -0.2) is 18.6 Å². The summed E-state index contributed by atoms with van der Waals surface area (Å²) in [6.45, 7) is 1.29. The molecule has 74 valence electrons. The molecule has 3 heteroatoms. The molecule has 1 saturated heterocycles. The lowest BCUT2D eigenvalue weighted by atomic mass is 10.1. The van der Waals surface area contributed by atoms with Crippen molar-refractivity contribution in [2.45, 2.75) is 19.1 Å². The van der Waals surface area contributed by atoms with Crippen LogP contribution in [0.5, 0.6) is 0 Å². The summed E-state index contributed by atoms with van der Waals surface area (Å²) in [5, 5.41) is 3.01. The van der Waals surface area contributed by atoms with E-state index in [1.807, 2.05) is 30.3 Å². The average Bonchev–Trinajstić information content (AvgIpc) is 2.14. The van der Waals surface area contributed by atoms with Crippen molar-refractivity contribution in [3.05, 3.63) is 35.9 Å². The van der Waals surface area contributed by atoms with E-state index < -0.39 is 0 Å². The van der Waals surface area contributed by atoms with E-state index >= 15 is 0 Å². The Bertz CT molecular complexity index is 306. The number of hydrogen-bond donors (Lipinski definition) is 1. The predicted molar refractivity (Wildman–Crippen MR) is 52.6 cm³/mol. The smallest absolute Gasteiger partial charge is 0.323 e. The number of carbonyl (C=O) groups is 1. The molecule has 14 heavy (non-hydrogen) atoms. The lowest BCUT2D eigenvalue weighted by Gasteiger charge is -2.25. The molecule has 1 N–H and O–H groups in total. The molecule has 0 aliphatic carbocycles. The maximum absolute atomic E-state index is 11.3. The summed E-state index contributed by atoms with van der Waals surface area (Å²) in [6.07, 6.45) is 0.896. The van der Waals surface area contributed by atoms with Crippen molar-refractivity contribution < 1.29 is 9.53 Å². The highest BCUT2D eigenvalue weighted by atomic mass is 16.5. The number of esters is 1. The van der Waals surface area contributed by atoms with Crippen LogP contribution in [0.25, 0.3) is 0 Å². The number of ether oxygens (including phenoxy) is 1. The van der Waals surface area contributed by atoms with Crippen LogP contribution >= 0.6 is 0 Å². The van der Waals surface area contributed by atoms with Crippen LogP contribution in [0.4, 0.5) is 0 Å². The first-order valence-corrected chi connectivity index (χ1v) is 4.80. The molecule has 1 aromatic carbocycles. The monoisotopic (exact) mass is 191 g/mol. The Labute approximate surface area is 83.1 Å². The van der Waals surface area contributed by atoms with Gasteiger partial charge in [0.1, 0.15) is 12.6 Å². The second kappa shape index (κ2) is 4.24. The van der Waals surface area contributed by atoms with Gasteiger partial charge in [0.25, 0.3) is 0 Å². The molecule has 1 fully saturated rings. The minimum Gasteiger partial charge on any atom is -0.460 e. The fourth-order valence-electron chi connectivity index (χ4n) is 1.32. The molecule has 2 rings (SSSR count). The molecule has 1 aliphatic heterocycles. The Hall–Kier alpha value is -1.35. The summed E-state index contributed by atoms with van der Waals surface area (Å²) in [7, 11) is 0. The maximum atomic E-state index is 11.3. The van der Waals surface area contributed by atoms with E-state index in [2.05, 4.69) is 5.32 Å². The van der Waals surface area contributed by atoms with Crippen LogP contribution in [0.15, 0.2) is 30.3 Å². The van der Waals surface area contributed by atoms with E-state index in [1.54, 1.807) is 0 Å².